The first-order valence-electron chi connectivity index (χ1n) is 3.05. The summed E-state index contributed by atoms with van der Waals surface area (Å²) in [6.07, 6.45) is 1.62. The third kappa shape index (κ3) is 4.09. The van der Waals surface area contributed by atoms with Crippen LogP contribution in [0.4, 0.5) is 0 Å². The third-order valence-electron chi connectivity index (χ3n) is 0.903. The molecule has 10 heavy (non-hydrogen) atoms. The van der Waals surface area contributed by atoms with E-state index >= 15 is 0 Å². The minimum atomic E-state index is -1.10. The molecule has 3 heteroatoms. The molecular formula is C7H13NO2. The number of carbonyl (C=O) groups is 1. The van der Waals surface area contributed by atoms with E-state index in [1.165, 1.54) is 6.92 Å². The number of carbonyl (C=O) groups excluding carboxylic acids is 1. The summed E-state index contributed by atoms with van der Waals surface area (Å²) in [5.74, 6) is -1.10. The van der Waals surface area contributed by atoms with Gasteiger partial charge in [0.15, 0.2) is 0 Å². The number of hydrogen-bond donors (Lipinski definition) is 0. The molecule has 0 amide bonds. The average molecular weight is 143 g/mol. The molecule has 0 saturated carbocycles. The minimum absolute atomic E-state index is 0.271. The van der Waals surface area contributed by atoms with Crippen molar-refractivity contribution in [3.8, 4) is 0 Å². The first kappa shape index (κ1) is 9.17. The Labute approximate surface area is 61.2 Å². The van der Waals surface area contributed by atoms with Gasteiger partial charge in [-0.05, 0) is 6.92 Å². The first-order valence-corrected chi connectivity index (χ1v) is 3.05. The van der Waals surface area contributed by atoms with Crippen LogP contribution in [0.2, 0.25) is 0 Å². The molecule has 0 atom stereocenters. The zero-order valence-electron chi connectivity index (χ0n) is 6.84. The Morgan fingerprint density at radius 3 is 1.90 bits per heavy atom. The Morgan fingerprint density at radius 1 is 1.40 bits per heavy atom. The van der Waals surface area contributed by atoms with Crippen LogP contribution >= 0.6 is 0 Å². The molecule has 0 aromatic carbocycles. The highest BCUT2D eigenvalue weighted by Crippen LogP contribution is 1.97. The van der Waals surface area contributed by atoms with Gasteiger partial charge in [-0.15, -0.1) is 0 Å². The lowest BCUT2D eigenvalue weighted by Crippen LogP contribution is -2.31. The Hall–Kier alpha value is -0.830. The maximum atomic E-state index is 10.2. The molecule has 0 heterocycles. The van der Waals surface area contributed by atoms with Crippen molar-refractivity contribution in [2.24, 2.45) is 0 Å². The molecule has 0 aliphatic heterocycles. The number of quaternary nitrogens is 1. The number of carboxylic acid groups (broad SMARTS) is 1. The molecule has 0 saturated heterocycles. The van der Waals surface area contributed by atoms with Crippen molar-refractivity contribution in [3.63, 3.8) is 0 Å². The fraction of sp³-hybridized carbons (Fsp3) is 0.571. The van der Waals surface area contributed by atoms with E-state index in [0.29, 0.717) is 4.48 Å². The lowest BCUT2D eigenvalue weighted by atomic mass is 10.3. The molecule has 0 rings (SSSR count). The van der Waals surface area contributed by atoms with E-state index in [2.05, 4.69) is 0 Å². The predicted molar refractivity (Wildman–Crippen MR) is 36.8 cm³/mol. The summed E-state index contributed by atoms with van der Waals surface area (Å²) in [7, 11) is 5.64. The van der Waals surface area contributed by atoms with Gasteiger partial charge in [0.25, 0.3) is 0 Å². The van der Waals surface area contributed by atoms with Gasteiger partial charge in [-0.2, -0.15) is 0 Å². The lowest BCUT2D eigenvalue weighted by Gasteiger charge is -2.19. The number of carboxylic acids is 1. The van der Waals surface area contributed by atoms with E-state index in [1.54, 1.807) is 6.20 Å². The number of nitrogens with zero attached hydrogens (tertiary/aromatic N) is 1. The Kier molecular flexibility index (Phi) is 2.60. The largest absolute Gasteiger partial charge is 0.545 e. The monoisotopic (exact) mass is 143 g/mol. The van der Waals surface area contributed by atoms with Gasteiger partial charge < -0.3 is 14.4 Å². The van der Waals surface area contributed by atoms with Crippen LogP contribution in [0.1, 0.15) is 6.92 Å². The summed E-state index contributed by atoms with van der Waals surface area (Å²) in [4.78, 5) is 10.2. The molecule has 0 bridgehead atoms. The summed E-state index contributed by atoms with van der Waals surface area (Å²) in [6, 6.07) is 0. The number of rotatable bonds is 2. The molecule has 58 valence electrons. The molecular weight excluding hydrogens is 130 g/mol. The van der Waals surface area contributed by atoms with E-state index in [0.717, 1.165) is 0 Å². The normalized spacial score (nSPS) is 13.4. The van der Waals surface area contributed by atoms with Gasteiger partial charge in [-0.25, -0.2) is 0 Å². The molecule has 0 radical (unpaired) electrons. The van der Waals surface area contributed by atoms with Crippen molar-refractivity contribution in [2.45, 2.75) is 6.92 Å². The van der Waals surface area contributed by atoms with Crippen molar-refractivity contribution < 1.29 is 14.4 Å². The molecule has 0 aromatic rings. The maximum absolute atomic E-state index is 10.2. The molecule has 0 fully saturated rings. The Balaban J connectivity index is 4.32. The average Bonchev–Trinajstić information content (AvgIpc) is 1.60. The molecule has 3 nitrogen and oxygen atoms in total. The van der Waals surface area contributed by atoms with Crippen LogP contribution in [0.25, 0.3) is 0 Å². The number of hydrogen-bond acceptors (Lipinski definition) is 2. The summed E-state index contributed by atoms with van der Waals surface area (Å²) in [5, 5.41) is 10.2. The fourth-order valence-electron chi connectivity index (χ4n) is 0.634. The van der Waals surface area contributed by atoms with E-state index in [4.69, 9.17) is 0 Å². The molecule has 0 unspecified atom stereocenters. The van der Waals surface area contributed by atoms with Crippen LogP contribution in [-0.2, 0) is 4.79 Å². The van der Waals surface area contributed by atoms with Crippen LogP contribution in [0, 0.1) is 0 Å². The smallest absolute Gasteiger partial charge is 0.0999 e. The van der Waals surface area contributed by atoms with E-state index in [1.807, 2.05) is 21.1 Å². The van der Waals surface area contributed by atoms with Crippen molar-refractivity contribution in [2.75, 3.05) is 21.1 Å². The predicted octanol–water partition coefficient (Wildman–Crippen LogP) is -0.654. The van der Waals surface area contributed by atoms with Crippen molar-refractivity contribution in [3.05, 3.63) is 11.8 Å². The van der Waals surface area contributed by atoms with Gasteiger partial charge in [0.2, 0.25) is 0 Å². The van der Waals surface area contributed by atoms with Crippen LogP contribution in [0.3, 0.4) is 0 Å². The van der Waals surface area contributed by atoms with Crippen LogP contribution in [0.5, 0.6) is 0 Å². The van der Waals surface area contributed by atoms with Gasteiger partial charge in [-0.3, -0.25) is 0 Å². The Bertz CT molecular complexity index is 165. The Morgan fingerprint density at radius 2 is 1.80 bits per heavy atom. The zero-order chi connectivity index (χ0) is 8.36. The van der Waals surface area contributed by atoms with Gasteiger partial charge in [0, 0.05) is 5.57 Å². The van der Waals surface area contributed by atoms with Crippen molar-refractivity contribution >= 4 is 5.97 Å². The minimum Gasteiger partial charge on any atom is -0.545 e. The highest BCUT2D eigenvalue weighted by molar-refractivity contribution is 5.83. The third-order valence-corrected chi connectivity index (χ3v) is 0.903. The molecule has 0 spiro atoms. The highest BCUT2D eigenvalue weighted by Gasteiger charge is 2.03. The second kappa shape index (κ2) is 2.84. The standard InChI is InChI=1S/C7H13NO2/c1-6(7(9)10)5-8(2,3)4/h5H,1-4H3. The van der Waals surface area contributed by atoms with E-state index in [9.17, 15) is 9.90 Å². The van der Waals surface area contributed by atoms with Crippen molar-refractivity contribution in [1.82, 2.24) is 0 Å². The number of aliphatic carboxylic acids is 1. The molecule has 0 aliphatic carbocycles. The second-order valence-electron chi connectivity index (χ2n) is 3.22. The summed E-state index contributed by atoms with van der Waals surface area (Å²) >= 11 is 0. The van der Waals surface area contributed by atoms with Gasteiger partial charge >= 0.3 is 0 Å². The summed E-state index contributed by atoms with van der Waals surface area (Å²) in [6.45, 7) is 1.53. The molecule has 0 N–H and O–H groups in total. The van der Waals surface area contributed by atoms with Crippen LogP contribution < -0.4 is 5.11 Å². The van der Waals surface area contributed by atoms with Gasteiger partial charge in [-0.1, -0.05) is 0 Å². The molecule has 0 aliphatic rings. The first-order chi connectivity index (χ1) is 4.33. The van der Waals surface area contributed by atoms with Crippen LogP contribution in [0.15, 0.2) is 11.8 Å². The van der Waals surface area contributed by atoms with Gasteiger partial charge in [0.1, 0.15) is 0 Å². The van der Waals surface area contributed by atoms with Crippen molar-refractivity contribution in [1.29, 1.82) is 0 Å². The quantitative estimate of drug-likeness (QED) is 0.380. The van der Waals surface area contributed by atoms with E-state index in [-0.39, 0.29) is 5.57 Å². The van der Waals surface area contributed by atoms with Crippen LogP contribution in [-0.4, -0.2) is 31.6 Å². The fourth-order valence-corrected chi connectivity index (χ4v) is 0.634. The maximum Gasteiger partial charge on any atom is 0.0999 e. The SMILES string of the molecule is CC(=C[N+](C)(C)C)C(=O)[O-]. The van der Waals surface area contributed by atoms with E-state index < -0.39 is 5.97 Å². The van der Waals surface area contributed by atoms with Gasteiger partial charge in [0.05, 0.1) is 33.3 Å². The topological polar surface area (TPSA) is 40.1 Å². The lowest BCUT2D eigenvalue weighted by molar-refractivity contribution is -0.817. The molecule has 0 aromatic heterocycles. The second-order valence-corrected chi connectivity index (χ2v) is 3.22. The zero-order valence-corrected chi connectivity index (χ0v) is 6.84. The summed E-state index contributed by atoms with van der Waals surface area (Å²) in [5.41, 5.74) is 0.271. The highest BCUT2D eigenvalue weighted by atomic mass is 16.4. The summed E-state index contributed by atoms with van der Waals surface area (Å²) < 4.78 is 0.500.